The summed E-state index contributed by atoms with van der Waals surface area (Å²) in [6.45, 7) is 13.7. The van der Waals surface area contributed by atoms with Gasteiger partial charge in [0.25, 0.3) is 5.91 Å². The number of aromatic nitrogens is 2. The number of anilines is 3. The molecule has 0 bridgehead atoms. The summed E-state index contributed by atoms with van der Waals surface area (Å²) in [5.74, 6) is -4.58. The predicted molar refractivity (Wildman–Crippen MR) is 353 cm³/mol. The Morgan fingerprint density at radius 1 is 0.828 bits per heavy atom. The number of amides is 4. The van der Waals surface area contributed by atoms with Crippen molar-refractivity contribution >= 4 is 97.7 Å². The first-order valence-electron chi connectivity index (χ1n) is 30.3. The van der Waals surface area contributed by atoms with Crippen LogP contribution in [0.25, 0.3) is 32.8 Å². The Hall–Kier alpha value is -8.17. The molecule has 0 unspecified atom stereocenters. The van der Waals surface area contributed by atoms with E-state index in [0.29, 0.717) is 53.7 Å². The maximum Gasteiger partial charge on any atom is 0.410 e. The molecule has 6 aromatic carbocycles. The third-order valence-electron chi connectivity index (χ3n) is 16.2. The molecule has 0 spiro atoms. The highest BCUT2D eigenvalue weighted by Gasteiger charge is 2.61. The van der Waals surface area contributed by atoms with E-state index in [1.165, 1.54) is 66.6 Å². The quantitative estimate of drug-likeness (QED) is 0.0397. The maximum absolute atomic E-state index is 17.2. The van der Waals surface area contributed by atoms with Crippen LogP contribution in [0.1, 0.15) is 81.8 Å². The number of likely N-dealkylation sites (N-methyl/N-ethyl adjacent to an activating group) is 1. The monoisotopic (exact) mass is 1340 g/mol. The highest BCUT2D eigenvalue weighted by molar-refractivity contribution is 6.35. The summed E-state index contributed by atoms with van der Waals surface area (Å²) in [6.07, 6.45) is -0.145. The molecule has 93 heavy (non-hydrogen) atoms. The summed E-state index contributed by atoms with van der Waals surface area (Å²) >= 11 is 19.4. The summed E-state index contributed by atoms with van der Waals surface area (Å²) in [4.78, 5) is 68.7. The van der Waals surface area contributed by atoms with Crippen LogP contribution in [0.4, 0.5) is 35.4 Å². The van der Waals surface area contributed by atoms with Crippen molar-refractivity contribution in [2.24, 2.45) is 5.41 Å². The zero-order valence-corrected chi connectivity index (χ0v) is 55.1. The summed E-state index contributed by atoms with van der Waals surface area (Å²) in [6, 6.07) is 24.6. The maximum atomic E-state index is 17.2. The summed E-state index contributed by atoms with van der Waals surface area (Å²) in [7, 11) is 3.00. The Balaban J connectivity index is 0.757. The van der Waals surface area contributed by atoms with Gasteiger partial charge in [-0.1, -0.05) is 98.0 Å². The minimum atomic E-state index is -1.85. The third kappa shape index (κ3) is 15.9. The Morgan fingerprint density at radius 3 is 2.26 bits per heavy atom. The molecule has 19 nitrogen and oxygen atoms in total. The van der Waals surface area contributed by atoms with Crippen LogP contribution in [0.5, 0.6) is 11.5 Å². The van der Waals surface area contributed by atoms with Crippen LogP contribution in [-0.2, 0) is 29.2 Å². The second-order valence-electron chi connectivity index (χ2n) is 25.0. The van der Waals surface area contributed by atoms with Gasteiger partial charge in [0.1, 0.15) is 45.5 Å². The summed E-state index contributed by atoms with van der Waals surface area (Å²) in [5.41, 5.74) is -2.37. The number of nitriles is 1. The van der Waals surface area contributed by atoms with Gasteiger partial charge in [0.05, 0.1) is 61.4 Å². The Kier molecular flexibility index (Phi) is 21.9. The smallest absolute Gasteiger partial charge is 0.410 e. The number of phenols is 1. The number of methoxy groups -OCH3 is 1. The number of hydrogen-bond acceptors (Lipinski definition) is 15. The molecule has 0 radical (unpaired) electrons. The lowest BCUT2D eigenvalue weighted by molar-refractivity contribution is -0.130. The van der Waals surface area contributed by atoms with Crippen molar-refractivity contribution in [3.63, 3.8) is 0 Å². The number of ether oxygens (including phenoxy) is 4. The number of piperazine rings is 1. The normalized spacial score (nSPS) is 17.5. The molecule has 25 heteroatoms. The van der Waals surface area contributed by atoms with E-state index in [-0.39, 0.29) is 131 Å². The number of rotatable bonds is 22. The van der Waals surface area contributed by atoms with Crippen molar-refractivity contribution in [3.05, 3.63) is 146 Å². The van der Waals surface area contributed by atoms with Crippen LogP contribution in [0.2, 0.25) is 15.1 Å². The number of carbonyl (C=O) groups excluding carboxylic acids is 4. The molecule has 7 aromatic rings. The molecule has 1 aromatic heterocycles. The molecular formula is C68H74Cl3F3N10O9. The zero-order valence-electron chi connectivity index (χ0n) is 52.8. The van der Waals surface area contributed by atoms with Crippen molar-refractivity contribution in [3.8, 4) is 28.7 Å². The number of carbonyl (C=O) groups is 4. The van der Waals surface area contributed by atoms with Gasteiger partial charge in [-0.05, 0) is 109 Å². The minimum absolute atomic E-state index is 0.0285. The number of halogens is 6. The van der Waals surface area contributed by atoms with Crippen LogP contribution >= 0.6 is 34.8 Å². The van der Waals surface area contributed by atoms with E-state index in [0.717, 1.165) is 6.07 Å². The average Bonchev–Trinajstić information content (AvgIpc) is 1.62. The molecular weight excluding hydrogens is 1260 g/mol. The Morgan fingerprint density at radius 2 is 1.56 bits per heavy atom. The van der Waals surface area contributed by atoms with Crippen molar-refractivity contribution in [1.82, 2.24) is 30.4 Å². The molecule has 2 fully saturated rings. The van der Waals surface area contributed by atoms with E-state index in [1.54, 1.807) is 44.9 Å². The number of phenolic OH excluding ortho intramolecular Hbond substituents is 1. The number of benzene rings is 6. The first-order chi connectivity index (χ1) is 44.2. The van der Waals surface area contributed by atoms with Crippen molar-refractivity contribution < 1.29 is 56.4 Å². The standard InChI is InChI=1S/C68H74Cl3F3N10O9/c1-66(2,3)37-53-68(38-75,47-18-17-41(69)34-50(47)72)56(44-14-11-15-48(70)57(44)73)60(79-53)63(88)78-51-19-16-40(33-52(51)90-8)62(87)76-22-28-91-30-31-92-29-27-82(7)54(86)20-21-77-64-80-59-46(61(81-64)83-23-25-84(26-24-83)65(89)93-67(4,5)6)36-49(71)55(58(59)74)45-35-42(85)32-39-12-9-10-13-43(39)45/h9-19,32-36,53,56,60,79,85H,20-31,37H2,1-8H3,(H,76,87)(H,78,88)(H,77,80,81)/t53-,56-,60+,68-/m0/s1. The lowest BCUT2D eigenvalue weighted by Gasteiger charge is -2.37. The second kappa shape index (κ2) is 29.4. The molecule has 4 atom stereocenters. The van der Waals surface area contributed by atoms with Crippen LogP contribution in [0.3, 0.4) is 0 Å². The highest BCUT2D eigenvalue weighted by Crippen LogP contribution is 2.53. The summed E-state index contributed by atoms with van der Waals surface area (Å²) < 4.78 is 72.2. The molecule has 9 rings (SSSR count). The van der Waals surface area contributed by atoms with Gasteiger partial charge in [-0.25, -0.2) is 22.9 Å². The van der Waals surface area contributed by atoms with E-state index in [2.05, 4.69) is 32.3 Å². The highest BCUT2D eigenvalue weighted by atomic mass is 35.5. The predicted octanol–water partition coefficient (Wildman–Crippen LogP) is 12.3. The van der Waals surface area contributed by atoms with Crippen LogP contribution in [-0.4, -0.2) is 153 Å². The molecule has 2 aliphatic rings. The van der Waals surface area contributed by atoms with E-state index in [4.69, 9.17) is 58.7 Å². The molecule has 5 N–H and O–H groups in total. The van der Waals surface area contributed by atoms with Gasteiger partial charge in [-0.15, -0.1) is 0 Å². The van der Waals surface area contributed by atoms with Gasteiger partial charge in [0.2, 0.25) is 17.8 Å². The number of nitrogens with one attached hydrogen (secondary N) is 4. The molecule has 2 saturated heterocycles. The van der Waals surface area contributed by atoms with Crippen LogP contribution < -0.4 is 30.9 Å². The molecule has 2 aliphatic heterocycles. The van der Waals surface area contributed by atoms with Crippen LogP contribution in [0.15, 0.2) is 97.1 Å². The molecule has 0 saturated carbocycles. The van der Waals surface area contributed by atoms with Gasteiger partial charge in [-0.2, -0.15) is 10.2 Å². The van der Waals surface area contributed by atoms with Crippen molar-refractivity contribution in [2.45, 2.75) is 83.4 Å². The first-order valence-corrected chi connectivity index (χ1v) is 31.5. The minimum Gasteiger partial charge on any atom is -0.508 e. The van der Waals surface area contributed by atoms with Gasteiger partial charge in [0, 0.05) is 98.3 Å². The molecule has 3 heterocycles. The first kappa shape index (κ1) is 69.2. The number of hydrogen-bond donors (Lipinski definition) is 5. The fourth-order valence-corrected chi connectivity index (χ4v) is 12.5. The van der Waals surface area contributed by atoms with Gasteiger partial charge >= 0.3 is 6.09 Å². The van der Waals surface area contributed by atoms with E-state index >= 15 is 13.2 Å². The lowest BCUT2D eigenvalue weighted by atomic mass is 9.62. The van der Waals surface area contributed by atoms with Crippen LogP contribution in [0, 0.1) is 34.2 Å². The summed E-state index contributed by atoms with van der Waals surface area (Å²) in [5, 5.41) is 35.5. The Labute approximate surface area is 552 Å². The second-order valence-corrected chi connectivity index (χ2v) is 26.3. The Bertz CT molecular complexity index is 3990. The topological polar surface area (TPSA) is 233 Å². The fraction of sp³-hybridized carbons (Fsp3) is 0.397. The van der Waals surface area contributed by atoms with Gasteiger partial charge < -0.3 is 60.0 Å². The largest absolute Gasteiger partial charge is 0.508 e. The number of aromatic hydroxyl groups is 1. The van der Waals surface area contributed by atoms with Gasteiger partial charge in [0.15, 0.2) is 5.82 Å². The van der Waals surface area contributed by atoms with E-state index in [9.17, 15) is 29.5 Å². The van der Waals surface area contributed by atoms with E-state index in [1.807, 2.05) is 49.9 Å². The fourth-order valence-electron chi connectivity index (χ4n) is 11.8. The third-order valence-corrected chi connectivity index (χ3v) is 17.0. The van der Waals surface area contributed by atoms with E-state index < -0.39 is 69.8 Å². The lowest BCUT2D eigenvalue weighted by Crippen LogP contribution is -2.50. The molecule has 492 valence electrons. The number of fused-ring (bicyclic) bond motifs is 2. The van der Waals surface area contributed by atoms with Crippen molar-refractivity contribution in [1.29, 1.82) is 5.26 Å². The average molecular weight is 1340 g/mol. The molecule has 4 amide bonds. The van der Waals surface area contributed by atoms with Crippen molar-refractivity contribution in [2.75, 3.05) is 102 Å². The van der Waals surface area contributed by atoms with Gasteiger partial charge in [-0.3, -0.25) is 14.4 Å². The number of nitrogens with zero attached hydrogens (tertiary/aromatic N) is 6. The SMILES string of the molecule is COc1cc(C(=O)NCCOCCOCCN(C)C(=O)CCNc2nc(N3CCN(C(=O)OC(C)(C)C)CC3)c3cc(Cl)c(-c4cc(O)cc5ccccc45)c(F)c3n2)ccc1NC(=O)[C@@H]1N[C@@H](CC(C)(C)C)[C@](C#N)(c2ccc(Cl)cc2F)[C@H]1c1cccc(Cl)c1F. The zero-order chi connectivity index (χ0) is 67.1. The molecule has 0 aliphatic carbocycles.